The van der Waals surface area contributed by atoms with Crippen LogP contribution >= 0.6 is 0 Å². The smallest absolute Gasteiger partial charge is 0.255 e. The number of carbonyl (C=O) groups is 1. The topological polar surface area (TPSA) is 74.2 Å². The number of aromatic nitrogens is 1. The van der Waals surface area contributed by atoms with Gasteiger partial charge in [0.2, 0.25) is 0 Å². The van der Waals surface area contributed by atoms with Gasteiger partial charge < -0.3 is 15.7 Å². The highest BCUT2D eigenvalue weighted by atomic mass is 16.3. The summed E-state index contributed by atoms with van der Waals surface area (Å²) in [5.41, 5.74) is 1.31. The number of hydrogen-bond acceptors (Lipinski definition) is 4. The molecule has 1 aromatic rings. The van der Waals surface area contributed by atoms with E-state index in [4.69, 9.17) is 0 Å². The second-order valence-corrected chi connectivity index (χ2v) is 5.24. The van der Waals surface area contributed by atoms with E-state index in [1.807, 2.05) is 6.92 Å². The Morgan fingerprint density at radius 2 is 2.20 bits per heavy atom. The number of aliphatic hydroxyl groups excluding tert-OH is 1. The molecule has 110 valence electrons. The molecule has 2 rings (SSSR count). The number of amides is 1. The predicted molar refractivity (Wildman–Crippen MR) is 78.7 cm³/mol. The molecule has 2 unspecified atom stereocenters. The Balaban J connectivity index is 2.07. The van der Waals surface area contributed by atoms with Crippen molar-refractivity contribution < 1.29 is 9.90 Å². The van der Waals surface area contributed by atoms with Crippen molar-refractivity contribution in [3.05, 3.63) is 24.0 Å². The quantitative estimate of drug-likeness (QED) is 0.735. The Hall–Kier alpha value is -1.62. The van der Waals surface area contributed by atoms with Gasteiger partial charge in [-0.2, -0.15) is 0 Å². The van der Waals surface area contributed by atoms with Gasteiger partial charge in [0.05, 0.1) is 23.4 Å². The maximum Gasteiger partial charge on any atom is 0.255 e. The Labute approximate surface area is 119 Å². The maximum atomic E-state index is 12.4. The maximum absolute atomic E-state index is 12.4. The van der Waals surface area contributed by atoms with Gasteiger partial charge in [0.25, 0.3) is 5.91 Å². The molecule has 0 aliphatic heterocycles. The molecule has 0 radical (unpaired) electrons. The molecule has 20 heavy (non-hydrogen) atoms. The van der Waals surface area contributed by atoms with Crippen LogP contribution in [-0.2, 0) is 0 Å². The monoisotopic (exact) mass is 277 g/mol. The highest BCUT2D eigenvalue weighted by Crippen LogP contribution is 2.19. The summed E-state index contributed by atoms with van der Waals surface area (Å²) >= 11 is 0. The van der Waals surface area contributed by atoms with Gasteiger partial charge >= 0.3 is 0 Å². The molecule has 0 bridgehead atoms. The molecule has 0 saturated heterocycles. The van der Waals surface area contributed by atoms with Crippen molar-refractivity contribution in [2.75, 3.05) is 11.9 Å². The van der Waals surface area contributed by atoms with E-state index >= 15 is 0 Å². The molecule has 1 heterocycles. The summed E-state index contributed by atoms with van der Waals surface area (Å²) in [4.78, 5) is 16.4. The van der Waals surface area contributed by atoms with Crippen LogP contribution in [0.2, 0.25) is 0 Å². The van der Waals surface area contributed by atoms with E-state index in [1.54, 1.807) is 18.5 Å². The fourth-order valence-corrected chi connectivity index (χ4v) is 2.62. The van der Waals surface area contributed by atoms with Crippen molar-refractivity contribution in [3.63, 3.8) is 0 Å². The number of aliphatic hydroxyl groups is 1. The van der Waals surface area contributed by atoms with E-state index in [0.29, 0.717) is 5.56 Å². The number of nitrogens with one attached hydrogen (secondary N) is 2. The van der Waals surface area contributed by atoms with Crippen LogP contribution in [0.15, 0.2) is 18.5 Å². The summed E-state index contributed by atoms with van der Waals surface area (Å²) in [5.74, 6) is -0.167. The lowest BCUT2D eigenvalue weighted by atomic mass is 10.1. The Bertz CT molecular complexity index is 450. The van der Waals surface area contributed by atoms with E-state index in [9.17, 15) is 9.90 Å². The van der Waals surface area contributed by atoms with Gasteiger partial charge in [0, 0.05) is 18.9 Å². The van der Waals surface area contributed by atoms with E-state index < -0.39 is 6.10 Å². The molecule has 1 fully saturated rings. The fraction of sp³-hybridized carbons (Fsp3) is 0.600. The van der Waals surface area contributed by atoms with Crippen LogP contribution in [0.5, 0.6) is 0 Å². The Morgan fingerprint density at radius 3 is 3.00 bits per heavy atom. The molecular weight excluding hydrogens is 254 g/mol. The minimum atomic E-state index is -0.444. The van der Waals surface area contributed by atoms with Gasteiger partial charge in [-0.25, -0.2) is 0 Å². The van der Waals surface area contributed by atoms with Gasteiger partial charge in [0.15, 0.2) is 0 Å². The zero-order valence-electron chi connectivity index (χ0n) is 11.9. The Morgan fingerprint density at radius 1 is 1.40 bits per heavy atom. The molecule has 1 aromatic heterocycles. The van der Waals surface area contributed by atoms with Crippen molar-refractivity contribution in [2.45, 2.75) is 51.2 Å². The van der Waals surface area contributed by atoms with Crippen LogP contribution in [0.4, 0.5) is 5.69 Å². The van der Waals surface area contributed by atoms with Gasteiger partial charge in [-0.3, -0.25) is 9.78 Å². The highest BCUT2D eigenvalue weighted by molar-refractivity contribution is 5.99. The summed E-state index contributed by atoms with van der Waals surface area (Å²) in [6, 6.07) is 1.64. The number of rotatable bonds is 4. The molecular formula is C15H23N3O2. The third-order valence-corrected chi connectivity index (χ3v) is 3.73. The molecule has 1 amide bonds. The zero-order chi connectivity index (χ0) is 14.4. The minimum absolute atomic E-state index is 0.153. The first-order chi connectivity index (χ1) is 9.72. The number of pyridine rings is 1. The fourth-order valence-electron chi connectivity index (χ4n) is 2.62. The van der Waals surface area contributed by atoms with Crippen LogP contribution in [0, 0.1) is 0 Å². The van der Waals surface area contributed by atoms with Crippen LogP contribution in [0.25, 0.3) is 0 Å². The van der Waals surface area contributed by atoms with Gasteiger partial charge in [-0.1, -0.05) is 19.3 Å². The van der Waals surface area contributed by atoms with E-state index in [0.717, 1.165) is 44.3 Å². The zero-order valence-corrected chi connectivity index (χ0v) is 11.9. The first-order valence-corrected chi connectivity index (χ1v) is 7.39. The van der Waals surface area contributed by atoms with Crippen molar-refractivity contribution >= 4 is 11.6 Å². The first kappa shape index (κ1) is 14.8. The minimum Gasteiger partial charge on any atom is -0.391 e. The number of carbonyl (C=O) groups excluding carboxylic acids is 1. The Kier molecular flexibility index (Phi) is 5.35. The lowest BCUT2D eigenvalue weighted by Gasteiger charge is -2.22. The first-order valence-electron chi connectivity index (χ1n) is 7.39. The highest BCUT2D eigenvalue weighted by Gasteiger charge is 2.24. The predicted octanol–water partition coefficient (Wildman–Crippen LogP) is 1.94. The standard InChI is InChI=1S/C15H23N3O2/c1-2-17-12-8-9-16-10-11(12)15(20)18-13-6-4-3-5-7-14(13)19/h8-10,13-14,19H,2-7H2,1H3,(H,16,17)(H,18,20). The van der Waals surface area contributed by atoms with Crippen molar-refractivity contribution in [1.82, 2.24) is 10.3 Å². The van der Waals surface area contributed by atoms with E-state index in [2.05, 4.69) is 15.6 Å². The van der Waals surface area contributed by atoms with E-state index in [1.165, 1.54) is 0 Å². The van der Waals surface area contributed by atoms with Crippen LogP contribution in [0.3, 0.4) is 0 Å². The van der Waals surface area contributed by atoms with Crippen LogP contribution in [-0.4, -0.2) is 34.7 Å². The van der Waals surface area contributed by atoms with Gasteiger partial charge in [-0.15, -0.1) is 0 Å². The molecule has 1 saturated carbocycles. The average molecular weight is 277 g/mol. The summed E-state index contributed by atoms with van der Waals surface area (Å²) in [6.45, 7) is 2.73. The molecule has 1 aliphatic rings. The molecule has 3 N–H and O–H groups in total. The van der Waals surface area contributed by atoms with Crippen LogP contribution in [0.1, 0.15) is 49.4 Å². The molecule has 5 heteroatoms. The summed E-state index contributed by atoms with van der Waals surface area (Å²) < 4.78 is 0. The normalized spacial score (nSPS) is 22.9. The van der Waals surface area contributed by atoms with Crippen LogP contribution < -0.4 is 10.6 Å². The summed E-state index contributed by atoms with van der Waals surface area (Å²) in [6.07, 6.45) is 7.59. The van der Waals surface area contributed by atoms with Crippen molar-refractivity contribution in [3.8, 4) is 0 Å². The molecule has 5 nitrogen and oxygen atoms in total. The second-order valence-electron chi connectivity index (χ2n) is 5.24. The summed E-state index contributed by atoms with van der Waals surface area (Å²) in [7, 11) is 0. The number of hydrogen-bond donors (Lipinski definition) is 3. The van der Waals surface area contributed by atoms with Gasteiger partial charge in [0.1, 0.15) is 0 Å². The van der Waals surface area contributed by atoms with Crippen molar-refractivity contribution in [1.29, 1.82) is 0 Å². The molecule has 0 spiro atoms. The van der Waals surface area contributed by atoms with Crippen molar-refractivity contribution in [2.24, 2.45) is 0 Å². The number of nitrogens with zero attached hydrogens (tertiary/aromatic N) is 1. The molecule has 2 atom stereocenters. The summed E-state index contributed by atoms with van der Waals surface area (Å²) in [5, 5.41) is 16.2. The SMILES string of the molecule is CCNc1ccncc1C(=O)NC1CCCCCC1O. The largest absolute Gasteiger partial charge is 0.391 e. The average Bonchev–Trinajstić information content (AvgIpc) is 2.65. The lowest BCUT2D eigenvalue weighted by molar-refractivity contribution is 0.0819. The second kappa shape index (κ2) is 7.24. The third kappa shape index (κ3) is 3.70. The van der Waals surface area contributed by atoms with E-state index in [-0.39, 0.29) is 11.9 Å². The lowest BCUT2D eigenvalue weighted by Crippen LogP contribution is -2.42. The third-order valence-electron chi connectivity index (χ3n) is 3.73. The molecule has 1 aliphatic carbocycles. The molecule has 0 aromatic carbocycles. The number of anilines is 1. The van der Waals surface area contributed by atoms with Gasteiger partial charge in [-0.05, 0) is 25.8 Å².